The van der Waals surface area contributed by atoms with E-state index in [2.05, 4.69) is 10.3 Å². The molecule has 5 nitrogen and oxygen atoms in total. The predicted octanol–water partition coefficient (Wildman–Crippen LogP) is 3.09. The molecule has 5 heteroatoms. The second kappa shape index (κ2) is 6.96. The zero-order chi connectivity index (χ0) is 16.1. The van der Waals surface area contributed by atoms with Crippen LogP contribution in [0.5, 0.6) is 5.75 Å². The van der Waals surface area contributed by atoms with E-state index < -0.39 is 0 Å². The van der Waals surface area contributed by atoms with Crippen LogP contribution in [0.15, 0.2) is 52.9 Å². The molecule has 0 fully saturated rings. The van der Waals surface area contributed by atoms with Gasteiger partial charge in [0.15, 0.2) is 5.58 Å². The highest BCUT2D eigenvalue weighted by Crippen LogP contribution is 2.19. The third-order valence-electron chi connectivity index (χ3n) is 3.59. The Balaban J connectivity index is 1.53. The highest BCUT2D eigenvalue weighted by Gasteiger charge is 2.09. The maximum absolute atomic E-state index is 12.0. The van der Waals surface area contributed by atoms with E-state index in [-0.39, 0.29) is 5.91 Å². The first kappa shape index (κ1) is 15.1. The van der Waals surface area contributed by atoms with Crippen LogP contribution in [0.1, 0.15) is 17.9 Å². The van der Waals surface area contributed by atoms with Gasteiger partial charge in [-0.3, -0.25) is 4.79 Å². The molecule has 23 heavy (non-hydrogen) atoms. The number of hydrogen-bond acceptors (Lipinski definition) is 4. The average Bonchev–Trinajstić information content (AvgIpc) is 3.01. The van der Waals surface area contributed by atoms with Gasteiger partial charge in [-0.2, -0.15) is 0 Å². The minimum absolute atomic E-state index is 0.0434. The highest BCUT2D eigenvalue weighted by atomic mass is 16.5. The molecule has 1 aromatic heterocycles. The molecule has 0 radical (unpaired) electrons. The molecule has 2 aromatic carbocycles. The Bertz CT molecular complexity index is 778. The van der Waals surface area contributed by atoms with Crippen molar-refractivity contribution in [3.05, 3.63) is 60.0 Å². The number of aryl methyl sites for hydroxylation is 1. The van der Waals surface area contributed by atoms with Gasteiger partial charge in [-0.05, 0) is 30.2 Å². The van der Waals surface area contributed by atoms with Crippen LogP contribution in [-0.2, 0) is 17.8 Å². The molecule has 1 N–H and O–H groups in total. The van der Waals surface area contributed by atoms with Crippen LogP contribution in [0.25, 0.3) is 11.1 Å². The van der Waals surface area contributed by atoms with E-state index in [4.69, 9.17) is 9.15 Å². The van der Waals surface area contributed by atoms with Crippen molar-refractivity contribution in [2.24, 2.45) is 0 Å². The van der Waals surface area contributed by atoms with Crippen molar-refractivity contribution >= 4 is 17.0 Å². The summed E-state index contributed by atoms with van der Waals surface area (Å²) < 4.78 is 10.9. The standard InChI is InChI=1S/C18H18N2O3/c1-22-15-8-4-2-6-13(15)10-11-17(21)19-12-18-20-14-7-3-5-9-16(14)23-18/h2-9H,10-12H2,1H3,(H,19,21). The molecule has 1 heterocycles. The van der Waals surface area contributed by atoms with Gasteiger partial charge >= 0.3 is 0 Å². The van der Waals surface area contributed by atoms with E-state index in [0.29, 0.717) is 25.3 Å². The monoisotopic (exact) mass is 310 g/mol. The Morgan fingerprint density at radius 2 is 1.96 bits per heavy atom. The minimum atomic E-state index is -0.0434. The van der Waals surface area contributed by atoms with Crippen molar-refractivity contribution in [3.8, 4) is 5.75 Å². The smallest absolute Gasteiger partial charge is 0.220 e. The number of methoxy groups -OCH3 is 1. The summed E-state index contributed by atoms with van der Waals surface area (Å²) in [7, 11) is 1.63. The van der Waals surface area contributed by atoms with Gasteiger partial charge in [0, 0.05) is 6.42 Å². The van der Waals surface area contributed by atoms with Gasteiger partial charge in [0.05, 0.1) is 13.7 Å². The molecule has 0 saturated carbocycles. The number of benzene rings is 2. The summed E-state index contributed by atoms with van der Waals surface area (Å²) in [6, 6.07) is 15.2. The van der Waals surface area contributed by atoms with Crippen molar-refractivity contribution in [1.82, 2.24) is 10.3 Å². The van der Waals surface area contributed by atoms with Crippen LogP contribution in [0.3, 0.4) is 0 Å². The number of carbonyl (C=O) groups is 1. The molecule has 0 bridgehead atoms. The Morgan fingerprint density at radius 3 is 2.78 bits per heavy atom. The number of rotatable bonds is 6. The number of para-hydroxylation sites is 3. The molecule has 3 aromatic rings. The van der Waals surface area contributed by atoms with Gasteiger partial charge in [-0.1, -0.05) is 30.3 Å². The summed E-state index contributed by atoms with van der Waals surface area (Å²) in [6.45, 7) is 0.291. The van der Waals surface area contributed by atoms with Crippen molar-refractivity contribution in [1.29, 1.82) is 0 Å². The van der Waals surface area contributed by atoms with Crippen molar-refractivity contribution in [2.45, 2.75) is 19.4 Å². The zero-order valence-electron chi connectivity index (χ0n) is 12.9. The summed E-state index contributed by atoms with van der Waals surface area (Å²) in [5, 5.41) is 2.83. The Kier molecular flexibility index (Phi) is 4.57. The lowest BCUT2D eigenvalue weighted by molar-refractivity contribution is -0.121. The lowest BCUT2D eigenvalue weighted by Gasteiger charge is -2.07. The fourth-order valence-electron chi connectivity index (χ4n) is 2.42. The number of aromatic nitrogens is 1. The SMILES string of the molecule is COc1ccccc1CCC(=O)NCc1nc2ccccc2o1. The molecular weight excluding hydrogens is 292 g/mol. The van der Waals surface area contributed by atoms with Gasteiger partial charge in [0.25, 0.3) is 0 Å². The van der Waals surface area contributed by atoms with Crippen molar-refractivity contribution in [2.75, 3.05) is 7.11 Å². The largest absolute Gasteiger partial charge is 0.496 e. The van der Waals surface area contributed by atoms with Crippen LogP contribution < -0.4 is 10.1 Å². The number of hydrogen-bond donors (Lipinski definition) is 1. The summed E-state index contributed by atoms with van der Waals surface area (Å²) in [6.07, 6.45) is 1.02. The lowest BCUT2D eigenvalue weighted by atomic mass is 10.1. The summed E-state index contributed by atoms with van der Waals surface area (Å²) in [5.41, 5.74) is 2.54. The van der Waals surface area contributed by atoms with E-state index in [1.165, 1.54) is 0 Å². The van der Waals surface area contributed by atoms with E-state index >= 15 is 0 Å². The first-order chi connectivity index (χ1) is 11.3. The fourth-order valence-corrected chi connectivity index (χ4v) is 2.42. The molecule has 3 rings (SSSR count). The molecule has 0 aliphatic rings. The quantitative estimate of drug-likeness (QED) is 0.760. The van der Waals surface area contributed by atoms with Crippen LogP contribution in [0.2, 0.25) is 0 Å². The normalized spacial score (nSPS) is 10.7. The number of ether oxygens (including phenoxy) is 1. The maximum atomic E-state index is 12.0. The molecule has 0 aliphatic heterocycles. The van der Waals surface area contributed by atoms with Gasteiger partial charge < -0.3 is 14.5 Å². The molecular formula is C18H18N2O3. The summed E-state index contributed by atoms with van der Waals surface area (Å²) >= 11 is 0. The highest BCUT2D eigenvalue weighted by molar-refractivity contribution is 5.76. The topological polar surface area (TPSA) is 64.4 Å². The second-order valence-electron chi connectivity index (χ2n) is 5.16. The third kappa shape index (κ3) is 3.69. The second-order valence-corrected chi connectivity index (χ2v) is 5.16. The summed E-state index contributed by atoms with van der Waals surface area (Å²) in [5.74, 6) is 1.27. The Morgan fingerprint density at radius 1 is 1.17 bits per heavy atom. The van der Waals surface area contributed by atoms with Gasteiger partial charge in [-0.15, -0.1) is 0 Å². The number of nitrogens with one attached hydrogen (secondary N) is 1. The molecule has 1 amide bonds. The van der Waals surface area contributed by atoms with Gasteiger partial charge in [0.1, 0.15) is 11.3 Å². The van der Waals surface area contributed by atoms with Gasteiger partial charge in [-0.25, -0.2) is 4.98 Å². The zero-order valence-corrected chi connectivity index (χ0v) is 12.9. The predicted molar refractivity (Wildman–Crippen MR) is 87.2 cm³/mol. The van der Waals surface area contributed by atoms with Crippen LogP contribution >= 0.6 is 0 Å². The first-order valence-corrected chi connectivity index (χ1v) is 7.49. The Hall–Kier alpha value is -2.82. The molecule has 0 spiro atoms. The van der Waals surface area contributed by atoms with E-state index in [1.54, 1.807) is 7.11 Å². The fraction of sp³-hybridized carbons (Fsp3) is 0.222. The van der Waals surface area contributed by atoms with Crippen LogP contribution in [0, 0.1) is 0 Å². The third-order valence-corrected chi connectivity index (χ3v) is 3.59. The minimum Gasteiger partial charge on any atom is -0.496 e. The molecule has 0 aliphatic carbocycles. The van der Waals surface area contributed by atoms with Crippen molar-refractivity contribution in [3.63, 3.8) is 0 Å². The number of oxazole rings is 1. The molecule has 0 unspecified atom stereocenters. The van der Waals surface area contributed by atoms with Crippen LogP contribution in [0.4, 0.5) is 0 Å². The Labute approximate surface area is 134 Å². The lowest BCUT2D eigenvalue weighted by Crippen LogP contribution is -2.23. The number of carbonyl (C=O) groups excluding carboxylic acids is 1. The van der Waals surface area contributed by atoms with E-state index in [1.807, 2.05) is 48.5 Å². The van der Waals surface area contributed by atoms with E-state index in [9.17, 15) is 4.79 Å². The van der Waals surface area contributed by atoms with Gasteiger partial charge in [0.2, 0.25) is 11.8 Å². The number of amides is 1. The number of nitrogens with zero attached hydrogens (tertiary/aromatic N) is 1. The average molecular weight is 310 g/mol. The maximum Gasteiger partial charge on any atom is 0.220 e. The summed E-state index contributed by atoms with van der Waals surface area (Å²) in [4.78, 5) is 16.3. The van der Waals surface area contributed by atoms with E-state index in [0.717, 1.165) is 22.4 Å². The van der Waals surface area contributed by atoms with Crippen molar-refractivity contribution < 1.29 is 13.9 Å². The molecule has 118 valence electrons. The molecule has 0 atom stereocenters. The molecule has 0 saturated heterocycles. The van der Waals surface area contributed by atoms with Crippen LogP contribution in [-0.4, -0.2) is 18.0 Å². The number of fused-ring (bicyclic) bond motifs is 1. The first-order valence-electron chi connectivity index (χ1n) is 7.49.